The first-order chi connectivity index (χ1) is 13.1. The Kier molecular flexibility index (Phi) is 6.32. The van der Waals surface area contributed by atoms with Gasteiger partial charge in [0, 0.05) is 0 Å². The number of rotatable bonds is 8. The Hall–Kier alpha value is -2.56. The number of carbonyl (C=O) groups excluding carboxylic acids is 1. The summed E-state index contributed by atoms with van der Waals surface area (Å²) in [6.07, 6.45) is 0.536. The van der Waals surface area contributed by atoms with Gasteiger partial charge in [-0.2, -0.15) is 0 Å². The molecule has 0 heterocycles. The zero-order valence-corrected chi connectivity index (χ0v) is 15.9. The van der Waals surface area contributed by atoms with Crippen LogP contribution in [0.3, 0.4) is 0 Å². The van der Waals surface area contributed by atoms with Crippen LogP contribution in [0.15, 0.2) is 91.0 Å². The van der Waals surface area contributed by atoms with Gasteiger partial charge in [-0.15, -0.1) is 11.8 Å². The van der Waals surface area contributed by atoms with Crippen molar-refractivity contribution in [2.45, 2.75) is 17.2 Å². The fourth-order valence-electron chi connectivity index (χ4n) is 3.25. The van der Waals surface area contributed by atoms with Gasteiger partial charge in [-0.05, 0) is 28.9 Å². The lowest BCUT2D eigenvalue weighted by Gasteiger charge is -2.35. The van der Waals surface area contributed by atoms with Crippen LogP contribution in [0.5, 0.6) is 0 Å². The van der Waals surface area contributed by atoms with Crippen molar-refractivity contribution in [2.75, 3.05) is 5.75 Å². The third-order valence-electron chi connectivity index (χ3n) is 4.65. The maximum absolute atomic E-state index is 11.4. The Morgan fingerprint density at radius 2 is 1.15 bits per heavy atom. The summed E-state index contributed by atoms with van der Waals surface area (Å²) in [7, 11) is 0. The second-order valence-electron chi connectivity index (χ2n) is 6.43. The number of hydrogen-bond acceptors (Lipinski definition) is 3. The molecule has 0 aromatic heterocycles. The van der Waals surface area contributed by atoms with Crippen LogP contribution in [-0.2, 0) is 9.54 Å². The average molecular weight is 377 g/mol. The Labute approximate surface area is 164 Å². The minimum absolute atomic E-state index is 0.388. The Morgan fingerprint density at radius 3 is 1.48 bits per heavy atom. The summed E-state index contributed by atoms with van der Waals surface area (Å²) in [5.74, 6) is 0.253. The van der Waals surface area contributed by atoms with Gasteiger partial charge in [-0.25, -0.2) is 0 Å². The van der Waals surface area contributed by atoms with Crippen molar-refractivity contribution >= 4 is 17.7 Å². The first kappa shape index (κ1) is 19.2. The van der Waals surface area contributed by atoms with E-state index < -0.39 is 11.9 Å². The lowest BCUT2D eigenvalue weighted by Crippen LogP contribution is -2.37. The van der Waals surface area contributed by atoms with Crippen molar-refractivity contribution in [1.29, 1.82) is 0 Å². The van der Waals surface area contributed by atoms with Crippen molar-refractivity contribution in [2.24, 2.45) is 11.5 Å². The van der Waals surface area contributed by atoms with Gasteiger partial charge in [-0.3, -0.25) is 4.79 Å². The predicted octanol–water partition coefficient (Wildman–Crippen LogP) is 3.91. The molecule has 0 saturated heterocycles. The second-order valence-corrected chi connectivity index (χ2v) is 7.73. The van der Waals surface area contributed by atoms with E-state index in [0.29, 0.717) is 12.2 Å². The van der Waals surface area contributed by atoms with Crippen molar-refractivity contribution in [1.82, 2.24) is 0 Å². The summed E-state index contributed by atoms with van der Waals surface area (Å²) in [5, 5.41) is 0. The molecule has 3 aromatic rings. The van der Waals surface area contributed by atoms with Crippen LogP contribution in [-0.4, -0.2) is 17.7 Å². The molecule has 1 unspecified atom stereocenters. The van der Waals surface area contributed by atoms with Gasteiger partial charge < -0.3 is 11.5 Å². The third-order valence-corrected chi connectivity index (χ3v) is 6.23. The zero-order valence-electron chi connectivity index (χ0n) is 15.1. The average Bonchev–Trinajstić information content (AvgIpc) is 2.73. The van der Waals surface area contributed by atoms with Crippen LogP contribution >= 0.6 is 11.8 Å². The topological polar surface area (TPSA) is 69.1 Å². The number of nitrogens with two attached hydrogens (primary N) is 2. The molecule has 4 N–H and O–H groups in total. The third kappa shape index (κ3) is 4.24. The summed E-state index contributed by atoms with van der Waals surface area (Å²) < 4.78 is -0.388. The highest BCUT2D eigenvalue weighted by Crippen LogP contribution is 2.48. The molecule has 3 rings (SSSR count). The fraction of sp³-hybridized carbons (Fsp3) is 0.174. The van der Waals surface area contributed by atoms with Gasteiger partial charge in [0.1, 0.15) is 0 Å². The second kappa shape index (κ2) is 8.89. The smallest absolute Gasteiger partial charge is 0.234 e. The van der Waals surface area contributed by atoms with Crippen LogP contribution in [0.4, 0.5) is 0 Å². The van der Waals surface area contributed by atoms with Crippen LogP contribution in [0, 0.1) is 0 Å². The first-order valence-electron chi connectivity index (χ1n) is 9.00. The number of amides is 1. The summed E-state index contributed by atoms with van der Waals surface area (Å²) in [5.41, 5.74) is 14.8. The highest BCUT2D eigenvalue weighted by molar-refractivity contribution is 8.00. The molecular formula is C23H24N2OS. The maximum atomic E-state index is 11.4. The van der Waals surface area contributed by atoms with Crippen LogP contribution in [0.1, 0.15) is 23.1 Å². The summed E-state index contributed by atoms with van der Waals surface area (Å²) in [4.78, 5) is 11.4. The minimum Gasteiger partial charge on any atom is -0.368 e. The van der Waals surface area contributed by atoms with Gasteiger partial charge in [-0.1, -0.05) is 91.0 Å². The molecule has 1 atom stereocenters. The standard InChI is InChI=1S/C23H24N2OS/c24-21(22(25)26)16-17-27-23(18-10-4-1-5-11-18,19-12-6-2-7-13-19)20-14-8-3-9-15-20/h1-15,21H,16-17,24H2,(H2,25,26). The molecule has 0 aliphatic heterocycles. The van der Waals surface area contributed by atoms with Crippen molar-refractivity contribution < 1.29 is 4.79 Å². The molecule has 3 nitrogen and oxygen atoms in total. The molecule has 1 amide bonds. The monoisotopic (exact) mass is 376 g/mol. The van der Waals surface area contributed by atoms with E-state index in [1.807, 2.05) is 18.2 Å². The van der Waals surface area contributed by atoms with Gasteiger partial charge in [0.05, 0.1) is 10.8 Å². The lowest BCUT2D eigenvalue weighted by molar-refractivity contribution is -0.119. The first-order valence-corrected chi connectivity index (χ1v) is 9.98. The van der Waals surface area contributed by atoms with E-state index in [1.165, 1.54) is 16.7 Å². The van der Waals surface area contributed by atoms with Gasteiger partial charge >= 0.3 is 0 Å². The largest absolute Gasteiger partial charge is 0.368 e. The Balaban J connectivity index is 2.10. The van der Waals surface area contributed by atoms with Crippen molar-refractivity contribution in [3.05, 3.63) is 108 Å². The molecule has 138 valence electrons. The Morgan fingerprint density at radius 1 is 0.778 bits per heavy atom. The summed E-state index contributed by atoms with van der Waals surface area (Å²) >= 11 is 1.79. The highest BCUT2D eigenvalue weighted by Gasteiger charge is 2.36. The lowest BCUT2D eigenvalue weighted by atomic mass is 9.84. The van der Waals surface area contributed by atoms with E-state index in [2.05, 4.69) is 72.8 Å². The molecule has 0 radical (unpaired) electrons. The molecule has 0 bridgehead atoms. The fourth-order valence-corrected chi connectivity index (χ4v) is 4.84. The number of primary amides is 1. The molecule has 0 spiro atoms. The zero-order chi connectivity index (χ0) is 19.1. The summed E-state index contributed by atoms with van der Waals surface area (Å²) in [6.45, 7) is 0. The quantitative estimate of drug-likeness (QED) is 0.586. The van der Waals surface area contributed by atoms with Crippen molar-refractivity contribution in [3.8, 4) is 0 Å². The Bertz CT molecular complexity index is 757. The molecule has 3 aromatic carbocycles. The van der Waals surface area contributed by atoms with E-state index in [-0.39, 0.29) is 4.75 Å². The van der Waals surface area contributed by atoms with E-state index in [4.69, 9.17) is 11.5 Å². The van der Waals surface area contributed by atoms with Gasteiger partial charge in [0.15, 0.2) is 0 Å². The van der Waals surface area contributed by atoms with Crippen LogP contribution < -0.4 is 11.5 Å². The minimum atomic E-state index is -0.627. The molecule has 0 saturated carbocycles. The van der Waals surface area contributed by atoms with Crippen molar-refractivity contribution in [3.63, 3.8) is 0 Å². The molecule has 0 aliphatic carbocycles. The predicted molar refractivity (Wildman–Crippen MR) is 113 cm³/mol. The molecule has 27 heavy (non-hydrogen) atoms. The van der Waals surface area contributed by atoms with E-state index in [9.17, 15) is 4.79 Å². The number of carbonyl (C=O) groups is 1. The molecule has 0 aliphatic rings. The van der Waals surface area contributed by atoms with Gasteiger partial charge in [0.25, 0.3) is 0 Å². The molecule has 4 heteroatoms. The normalized spacial score (nSPS) is 12.5. The SMILES string of the molecule is NC(=O)C(N)CCSC(c1ccccc1)(c1ccccc1)c1ccccc1. The maximum Gasteiger partial charge on any atom is 0.234 e. The highest BCUT2D eigenvalue weighted by atomic mass is 32.2. The van der Waals surface area contributed by atoms with Crippen LogP contribution in [0.25, 0.3) is 0 Å². The van der Waals surface area contributed by atoms with Gasteiger partial charge in [0.2, 0.25) is 5.91 Å². The van der Waals surface area contributed by atoms with E-state index in [1.54, 1.807) is 11.8 Å². The molecular weight excluding hydrogens is 352 g/mol. The summed E-state index contributed by atoms with van der Waals surface area (Å²) in [6, 6.07) is 30.7. The van der Waals surface area contributed by atoms with E-state index >= 15 is 0 Å². The number of hydrogen-bond donors (Lipinski definition) is 2. The van der Waals surface area contributed by atoms with Crippen LogP contribution in [0.2, 0.25) is 0 Å². The molecule has 0 fully saturated rings. The number of benzene rings is 3. The number of thioether (sulfide) groups is 1. The van der Waals surface area contributed by atoms with E-state index in [0.717, 1.165) is 0 Å².